The van der Waals surface area contributed by atoms with Crippen LogP contribution in [0.4, 0.5) is 5.95 Å². The van der Waals surface area contributed by atoms with Crippen LogP contribution in [0.3, 0.4) is 0 Å². The Bertz CT molecular complexity index is 975. The van der Waals surface area contributed by atoms with Crippen LogP contribution >= 0.6 is 12.4 Å². The van der Waals surface area contributed by atoms with Gasteiger partial charge < -0.3 is 15.2 Å². The van der Waals surface area contributed by atoms with Gasteiger partial charge in [-0.1, -0.05) is 19.1 Å². The summed E-state index contributed by atoms with van der Waals surface area (Å²) in [6.45, 7) is 3.94. The number of pyridine rings is 1. The Morgan fingerprint density at radius 2 is 2.11 bits per heavy atom. The van der Waals surface area contributed by atoms with Gasteiger partial charge in [-0.3, -0.25) is 4.98 Å². The van der Waals surface area contributed by atoms with Gasteiger partial charge in [0.25, 0.3) is 0 Å². The first-order chi connectivity index (χ1) is 13.2. The largest absolute Gasteiger partial charge is 0.341 e. The van der Waals surface area contributed by atoms with E-state index in [1.807, 2.05) is 24.3 Å². The van der Waals surface area contributed by atoms with Crippen molar-refractivity contribution in [3.8, 4) is 6.07 Å². The molecule has 3 heterocycles. The lowest BCUT2D eigenvalue weighted by molar-refractivity contribution is 0.482. The summed E-state index contributed by atoms with van der Waals surface area (Å²) in [6.07, 6.45) is 4.67. The minimum absolute atomic E-state index is 0. The molecule has 0 aliphatic carbocycles. The molecule has 6 nitrogen and oxygen atoms in total. The van der Waals surface area contributed by atoms with E-state index in [1.54, 1.807) is 6.20 Å². The Morgan fingerprint density at radius 3 is 2.79 bits per heavy atom. The Kier molecular flexibility index (Phi) is 6.18. The van der Waals surface area contributed by atoms with Gasteiger partial charge in [-0.05, 0) is 43.5 Å². The van der Waals surface area contributed by atoms with E-state index >= 15 is 0 Å². The van der Waals surface area contributed by atoms with Crippen molar-refractivity contribution < 1.29 is 0 Å². The third kappa shape index (κ3) is 3.68. The number of fused-ring (bicyclic) bond motifs is 1. The molecule has 4 rings (SSSR count). The van der Waals surface area contributed by atoms with Gasteiger partial charge in [0.15, 0.2) is 0 Å². The van der Waals surface area contributed by atoms with Gasteiger partial charge >= 0.3 is 0 Å². The minimum atomic E-state index is 0. The van der Waals surface area contributed by atoms with Crippen LogP contribution in [0.2, 0.25) is 0 Å². The van der Waals surface area contributed by atoms with Crippen LogP contribution in [0.5, 0.6) is 0 Å². The van der Waals surface area contributed by atoms with Crippen molar-refractivity contribution in [1.29, 1.82) is 5.26 Å². The number of benzene rings is 1. The molecule has 2 atom stereocenters. The molecule has 2 N–H and O–H groups in total. The molecule has 0 radical (unpaired) electrons. The number of imidazole rings is 1. The number of hydrogen-bond donors (Lipinski definition) is 1. The van der Waals surface area contributed by atoms with E-state index in [4.69, 9.17) is 16.0 Å². The van der Waals surface area contributed by atoms with Crippen molar-refractivity contribution >= 4 is 29.4 Å². The molecule has 7 heteroatoms. The Morgan fingerprint density at radius 1 is 1.29 bits per heavy atom. The first-order valence-corrected chi connectivity index (χ1v) is 9.54. The lowest BCUT2D eigenvalue weighted by Crippen LogP contribution is -2.44. The summed E-state index contributed by atoms with van der Waals surface area (Å²) in [4.78, 5) is 11.8. The van der Waals surface area contributed by atoms with Crippen molar-refractivity contribution in [2.45, 2.75) is 38.3 Å². The molecule has 28 heavy (non-hydrogen) atoms. The van der Waals surface area contributed by atoms with Gasteiger partial charge in [-0.15, -0.1) is 12.4 Å². The number of para-hydroxylation sites is 2. The molecule has 0 spiro atoms. The minimum Gasteiger partial charge on any atom is -0.341 e. The topological polar surface area (TPSA) is 83.8 Å². The van der Waals surface area contributed by atoms with E-state index in [0.717, 1.165) is 55.0 Å². The van der Waals surface area contributed by atoms with Gasteiger partial charge in [0.05, 0.1) is 28.3 Å². The van der Waals surface area contributed by atoms with E-state index in [0.29, 0.717) is 5.56 Å². The summed E-state index contributed by atoms with van der Waals surface area (Å²) in [5.74, 6) is 0.962. The Hall–Kier alpha value is -2.62. The molecule has 0 amide bonds. The van der Waals surface area contributed by atoms with Crippen LogP contribution in [-0.2, 0) is 0 Å². The normalized spacial score (nSPS) is 17.8. The standard InChI is InChI=1S/C21H24N6.ClH/c1-2-19(17-10-9-15(12-22)13-24-17)27-20-8-4-3-7-18(20)25-21(27)26-11-5-6-16(23)14-26;/h3-4,7-10,13,16,19H,2,5-6,11,14,23H2,1H3;1H/t16-,19?;/m0./s1. The third-order valence-electron chi connectivity index (χ3n) is 5.27. The highest BCUT2D eigenvalue weighted by Crippen LogP contribution is 2.33. The van der Waals surface area contributed by atoms with Gasteiger partial charge in [-0.25, -0.2) is 4.98 Å². The van der Waals surface area contributed by atoms with Gasteiger partial charge in [0.2, 0.25) is 5.95 Å². The number of piperidine rings is 1. The van der Waals surface area contributed by atoms with E-state index in [9.17, 15) is 0 Å². The van der Waals surface area contributed by atoms with Crippen molar-refractivity contribution in [3.63, 3.8) is 0 Å². The quantitative estimate of drug-likeness (QED) is 0.727. The number of anilines is 1. The van der Waals surface area contributed by atoms with Crippen LogP contribution < -0.4 is 10.6 Å². The predicted octanol–water partition coefficient (Wildman–Crippen LogP) is 3.65. The lowest BCUT2D eigenvalue weighted by Gasteiger charge is -2.33. The third-order valence-corrected chi connectivity index (χ3v) is 5.27. The molecule has 1 aliphatic rings. The summed E-state index contributed by atoms with van der Waals surface area (Å²) >= 11 is 0. The summed E-state index contributed by atoms with van der Waals surface area (Å²) < 4.78 is 2.29. The zero-order chi connectivity index (χ0) is 18.8. The predicted molar refractivity (Wildman–Crippen MR) is 114 cm³/mol. The fourth-order valence-corrected chi connectivity index (χ4v) is 3.95. The van der Waals surface area contributed by atoms with Crippen LogP contribution in [0, 0.1) is 11.3 Å². The second kappa shape index (κ2) is 8.59. The van der Waals surface area contributed by atoms with Gasteiger partial charge in [0, 0.05) is 25.3 Å². The highest BCUT2D eigenvalue weighted by molar-refractivity contribution is 5.85. The molecular formula is C21H25ClN6. The number of rotatable bonds is 4. The molecule has 1 unspecified atom stereocenters. The smallest absolute Gasteiger partial charge is 0.207 e. The second-order valence-corrected chi connectivity index (χ2v) is 7.13. The fraction of sp³-hybridized carbons (Fsp3) is 0.381. The van der Waals surface area contributed by atoms with Crippen LogP contribution in [-0.4, -0.2) is 33.7 Å². The first kappa shape index (κ1) is 20.1. The molecule has 0 bridgehead atoms. The number of nitrogens with zero attached hydrogens (tertiary/aromatic N) is 5. The summed E-state index contributed by atoms with van der Waals surface area (Å²) in [5.41, 5.74) is 9.85. The highest BCUT2D eigenvalue weighted by atomic mass is 35.5. The van der Waals surface area contributed by atoms with Crippen LogP contribution in [0.25, 0.3) is 11.0 Å². The fourth-order valence-electron chi connectivity index (χ4n) is 3.95. The molecule has 146 valence electrons. The molecule has 1 aliphatic heterocycles. The number of halogens is 1. The van der Waals surface area contributed by atoms with Crippen molar-refractivity contribution in [3.05, 3.63) is 53.9 Å². The zero-order valence-corrected chi connectivity index (χ0v) is 16.8. The number of hydrogen-bond acceptors (Lipinski definition) is 5. The summed E-state index contributed by atoms with van der Waals surface area (Å²) in [5, 5.41) is 9.07. The maximum atomic E-state index is 9.07. The van der Waals surface area contributed by atoms with Gasteiger partial charge in [-0.2, -0.15) is 5.26 Å². The summed E-state index contributed by atoms with van der Waals surface area (Å²) in [6, 6.07) is 14.4. The molecule has 2 aromatic heterocycles. The highest BCUT2D eigenvalue weighted by Gasteiger charge is 2.26. The lowest BCUT2D eigenvalue weighted by atomic mass is 10.1. The molecular weight excluding hydrogens is 372 g/mol. The van der Waals surface area contributed by atoms with Crippen molar-refractivity contribution in [2.75, 3.05) is 18.0 Å². The summed E-state index contributed by atoms with van der Waals surface area (Å²) in [7, 11) is 0. The maximum absolute atomic E-state index is 9.07. The number of nitrogens with two attached hydrogens (primary N) is 1. The number of aromatic nitrogens is 3. The first-order valence-electron chi connectivity index (χ1n) is 9.54. The zero-order valence-electron chi connectivity index (χ0n) is 16.0. The molecule has 1 fully saturated rings. The average molecular weight is 397 g/mol. The van der Waals surface area contributed by atoms with Gasteiger partial charge in [0.1, 0.15) is 6.07 Å². The van der Waals surface area contributed by atoms with E-state index in [1.165, 1.54) is 0 Å². The SMILES string of the molecule is CCC(c1ccc(C#N)cn1)n1c(N2CCC[C@H](N)C2)nc2ccccc21.Cl. The molecule has 3 aromatic rings. The van der Waals surface area contributed by atoms with E-state index in [-0.39, 0.29) is 24.5 Å². The monoisotopic (exact) mass is 396 g/mol. The van der Waals surface area contributed by atoms with Crippen molar-refractivity contribution in [1.82, 2.24) is 14.5 Å². The molecule has 0 saturated carbocycles. The van der Waals surface area contributed by atoms with E-state index in [2.05, 4.69) is 39.6 Å². The van der Waals surface area contributed by atoms with Crippen LogP contribution in [0.15, 0.2) is 42.6 Å². The average Bonchev–Trinajstić information content (AvgIpc) is 3.09. The van der Waals surface area contributed by atoms with Crippen LogP contribution in [0.1, 0.15) is 43.5 Å². The Balaban J connectivity index is 0.00000225. The second-order valence-electron chi connectivity index (χ2n) is 7.13. The van der Waals surface area contributed by atoms with Crippen molar-refractivity contribution in [2.24, 2.45) is 5.73 Å². The maximum Gasteiger partial charge on any atom is 0.207 e. The number of nitriles is 1. The van der Waals surface area contributed by atoms with E-state index < -0.39 is 0 Å². The molecule has 1 aromatic carbocycles. The Labute approximate surface area is 171 Å². The molecule has 1 saturated heterocycles.